The average molecular weight is 1910 g/mol. The second-order valence-electron chi connectivity index (χ2n) is 37.3. The van der Waals surface area contributed by atoms with Gasteiger partial charge in [0.2, 0.25) is 23.6 Å². The molecule has 7 aliphatic rings. The highest BCUT2D eigenvalue weighted by Gasteiger charge is 2.46. The van der Waals surface area contributed by atoms with Crippen molar-refractivity contribution in [3.63, 3.8) is 0 Å². The predicted octanol–water partition coefficient (Wildman–Crippen LogP) is 6.00. The summed E-state index contributed by atoms with van der Waals surface area (Å²) in [5.41, 5.74) is 8.65. The summed E-state index contributed by atoms with van der Waals surface area (Å²) < 4.78 is 36.0. The van der Waals surface area contributed by atoms with E-state index in [4.69, 9.17) is 64.5 Å². The fourth-order valence-electron chi connectivity index (χ4n) is 16.2. The Bertz CT molecular complexity index is 5080. The Morgan fingerprint density at radius 2 is 0.717 bits per heavy atom. The summed E-state index contributed by atoms with van der Waals surface area (Å²) in [5.74, 6) is -1.91. The Balaban J connectivity index is 0.000000167. The monoisotopic (exact) mass is 1910 g/mol. The molecule has 4 saturated carbocycles. The Hall–Kier alpha value is -12.1. The Morgan fingerprint density at radius 3 is 0.986 bits per heavy atom. The molecular formula is C97H137N23O18. The fourth-order valence-corrected chi connectivity index (χ4v) is 16.2. The van der Waals surface area contributed by atoms with Crippen LogP contribution in [-0.4, -0.2) is 323 Å². The van der Waals surface area contributed by atoms with E-state index in [-0.39, 0.29) is 92.2 Å². The Kier molecular flexibility index (Phi) is 38.3. The standard InChI is InChI=1S/2C28H40N6O6.C23H32N6O4.C18H25N5O2/c2*1-19(22-16-23(21-8-5-6-11-29-21)33(31-22)13-7-12-30-25(36)18-35)34(20-9-10-20)26(37)24-17-32(14-15-39-24)27(38)40-28(2,3)4;1-16(29(17-6-7-17)23(32)21-14-24-10-12-33-21)19-13-20(18-5-2-3-8-25-18)28(27-19)11-4-9-26-22(31)15-30;1-13(21-14-6-7-14)16-11-17(15-5-2-3-8-19-15)23(22-16)10-4-9-20-18(25)12-24/h2*5-6,8,11,16,19-20,24,35H,7,9-10,12-15,17-18H2,1-4H3,(H,30,36);2-3,5,8,13,16-17,21,24,30H,4,6-7,9-12,14-15H2,1H3,(H,26,31);2-3,5,8,11,13-14,21,24H,4,6-7,9-10,12H2,1H3,(H,20,25)/t19-,24+;19-,24-;16-,21-;/m011./s1. The van der Waals surface area contributed by atoms with Crippen molar-refractivity contribution in [2.45, 2.75) is 250 Å². The fraction of sp³-hybridized carbons (Fsp3) is 0.577. The highest BCUT2D eigenvalue weighted by atomic mass is 16.6. The van der Waals surface area contributed by atoms with Crippen LogP contribution in [0.5, 0.6) is 0 Å². The number of ether oxygens (including phenoxy) is 5. The molecule has 11 heterocycles. The van der Waals surface area contributed by atoms with Crippen LogP contribution in [0.4, 0.5) is 9.59 Å². The molecule has 8 aromatic heterocycles. The zero-order valence-corrected chi connectivity index (χ0v) is 80.8. The molecule has 15 rings (SSSR count). The maximum atomic E-state index is 13.8. The number of aliphatic hydroxyl groups is 4. The molecule has 4 aliphatic carbocycles. The molecule has 0 bridgehead atoms. The van der Waals surface area contributed by atoms with Gasteiger partial charge >= 0.3 is 12.2 Å². The lowest BCUT2D eigenvalue weighted by atomic mass is 10.1. The molecule has 8 aromatic rings. The van der Waals surface area contributed by atoms with Crippen molar-refractivity contribution >= 4 is 53.5 Å². The number of morpholine rings is 3. The SMILES string of the molecule is CC(NC1CC1)c1cc(-c2ccccn2)n(CCCNC(=O)CO)n1.C[C@@H](c1cc(-c2ccccn2)n(CCCNC(=O)CO)n1)N(C(=O)[C@H]1CN(C(=O)OC(C)(C)C)CCO1)C1CC1.C[C@H](c1cc(-c2ccccn2)n(CCCNC(=O)CO)n1)N(C(=O)[C@H]1CN(C(=O)OC(C)(C)C)CCO1)C1CC1.C[C@H](c1cc(-c2ccccn2)n(CCCNC(=O)CO)n1)N(C(=O)[C@H]1CNCCO1)C1CC1. The van der Waals surface area contributed by atoms with Gasteiger partial charge in [-0.15, -0.1) is 0 Å². The van der Waals surface area contributed by atoms with E-state index in [1.807, 2.05) is 187 Å². The molecule has 1 unspecified atom stereocenters. The number of nitrogens with one attached hydrogen (secondary N) is 6. The minimum atomic E-state index is -0.781. The molecule has 0 radical (unpaired) electrons. The van der Waals surface area contributed by atoms with Crippen LogP contribution in [-0.2, 0) is 83.4 Å². The number of aliphatic hydroxyl groups excluding tert-OH is 4. The van der Waals surface area contributed by atoms with E-state index in [9.17, 15) is 43.2 Å². The predicted molar refractivity (Wildman–Crippen MR) is 508 cm³/mol. The van der Waals surface area contributed by atoms with Crippen molar-refractivity contribution in [1.82, 2.24) is 115 Å². The molecule has 41 heteroatoms. The lowest BCUT2D eigenvalue weighted by Crippen LogP contribution is -2.54. The van der Waals surface area contributed by atoms with Gasteiger partial charge in [0.25, 0.3) is 17.7 Å². The van der Waals surface area contributed by atoms with Crippen LogP contribution in [0.1, 0.15) is 193 Å². The van der Waals surface area contributed by atoms with Gasteiger partial charge in [0.05, 0.1) is 119 Å². The van der Waals surface area contributed by atoms with Crippen LogP contribution >= 0.6 is 0 Å². The summed E-state index contributed by atoms with van der Waals surface area (Å²) in [4.78, 5) is 138. The zero-order valence-electron chi connectivity index (χ0n) is 80.8. The third kappa shape index (κ3) is 31.0. The van der Waals surface area contributed by atoms with Crippen LogP contribution < -0.4 is 31.9 Å². The maximum Gasteiger partial charge on any atom is 0.410 e. The summed E-state index contributed by atoms with van der Waals surface area (Å²) in [7, 11) is 0. The Labute approximate surface area is 804 Å². The third-order valence-corrected chi connectivity index (χ3v) is 23.8. The summed E-state index contributed by atoms with van der Waals surface area (Å²) in [6, 6.07) is 31.2. The number of pyridine rings is 4. The molecule has 138 heavy (non-hydrogen) atoms. The number of aryl methyl sites for hydroxylation is 4. The van der Waals surface area contributed by atoms with Crippen LogP contribution in [0.3, 0.4) is 0 Å². The summed E-state index contributed by atoms with van der Waals surface area (Å²) in [5, 5.41) is 72.3. The number of hydrogen-bond acceptors (Lipinski definition) is 28. The first-order valence-electron chi connectivity index (χ1n) is 48.1. The first-order chi connectivity index (χ1) is 66.4. The smallest absolute Gasteiger partial charge is 0.410 e. The van der Waals surface area contributed by atoms with Gasteiger partial charge in [-0.3, -0.25) is 72.2 Å². The normalized spacial score (nSPS) is 17.9. The van der Waals surface area contributed by atoms with Gasteiger partial charge in [-0.25, -0.2) is 9.59 Å². The zero-order chi connectivity index (χ0) is 98.6. The van der Waals surface area contributed by atoms with Gasteiger partial charge in [-0.1, -0.05) is 24.3 Å². The molecule has 0 aromatic carbocycles. The van der Waals surface area contributed by atoms with Crippen LogP contribution in [0, 0.1) is 0 Å². The van der Waals surface area contributed by atoms with Crippen molar-refractivity contribution in [2.75, 3.05) is 112 Å². The van der Waals surface area contributed by atoms with Gasteiger partial charge in [0, 0.05) is 134 Å². The van der Waals surface area contributed by atoms with Crippen molar-refractivity contribution in [3.8, 4) is 45.6 Å². The number of carbonyl (C=O) groups is 9. The van der Waals surface area contributed by atoms with E-state index >= 15 is 0 Å². The largest absolute Gasteiger partial charge is 0.444 e. The van der Waals surface area contributed by atoms with Gasteiger partial charge < -0.3 is 101 Å². The maximum absolute atomic E-state index is 13.8. The molecular weight excluding hydrogens is 1780 g/mol. The topological polar surface area (TPSA) is 492 Å². The molecule has 7 fully saturated rings. The number of hydrogen-bond donors (Lipinski definition) is 10. The molecule has 3 aliphatic heterocycles. The molecule has 10 N–H and O–H groups in total. The second-order valence-corrected chi connectivity index (χ2v) is 37.3. The van der Waals surface area contributed by atoms with E-state index in [1.54, 1.807) is 24.8 Å². The van der Waals surface area contributed by atoms with Crippen molar-refractivity contribution in [3.05, 3.63) is 145 Å². The van der Waals surface area contributed by atoms with Crippen LogP contribution in [0.2, 0.25) is 0 Å². The van der Waals surface area contributed by atoms with Gasteiger partial charge in [-0.05, 0) is 219 Å². The van der Waals surface area contributed by atoms with Crippen LogP contribution in [0.15, 0.2) is 122 Å². The number of amides is 9. The Morgan fingerprint density at radius 1 is 0.420 bits per heavy atom. The van der Waals surface area contributed by atoms with Crippen LogP contribution in [0.25, 0.3) is 45.6 Å². The van der Waals surface area contributed by atoms with E-state index in [0.29, 0.717) is 104 Å². The van der Waals surface area contributed by atoms with Crippen molar-refractivity contribution in [1.29, 1.82) is 0 Å². The number of rotatable bonds is 39. The molecule has 748 valence electrons. The molecule has 41 nitrogen and oxygen atoms in total. The average Bonchev–Trinajstić information content (AvgIpc) is 1.66. The van der Waals surface area contributed by atoms with Gasteiger partial charge in [0.15, 0.2) is 12.2 Å². The first kappa shape index (κ1) is 105. The first-order valence-corrected chi connectivity index (χ1v) is 48.1. The van der Waals surface area contributed by atoms with Crippen molar-refractivity contribution in [2.24, 2.45) is 0 Å². The van der Waals surface area contributed by atoms with Gasteiger partial charge in [0.1, 0.15) is 43.7 Å². The summed E-state index contributed by atoms with van der Waals surface area (Å²) >= 11 is 0. The molecule has 9 amide bonds. The van der Waals surface area contributed by atoms with Gasteiger partial charge in [-0.2, -0.15) is 20.4 Å². The highest BCUT2D eigenvalue weighted by molar-refractivity contribution is 5.85. The molecule has 0 spiro atoms. The summed E-state index contributed by atoms with van der Waals surface area (Å²) in [6.45, 7) is 24.2. The van der Waals surface area contributed by atoms with E-state index in [2.05, 4.69) is 64.8 Å². The third-order valence-electron chi connectivity index (χ3n) is 23.8. The van der Waals surface area contributed by atoms with E-state index in [1.165, 1.54) is 22.6 Å². The van der Waals surface area contributed by atoms with Crippen molar-refractivity contribution < 1.29 is 87.3 Å². The number of carbonyl (C=O) groups excluding carboxylic acids is 9. The quantitative estimate of drug-likeness (QED) is 0.0197. The minimum Gasteiger partial charge on any atom is -0.444 e. The molecule has 7 atom stereocenters. The second kappa shape index (κ2) is 50.5. The van der Waals surface area contributed by atoms with E-state index < -0.39 is 85.8 Å². The minimum absolute atomic E-state index is 0.0119. The number of aromatic nitrogens is 12. The highest BCUT2D eigenvalue weighted by Crippen LogP contribution is 2.41. The molecule has 3 saturated heterocycles. The lowest BCUT2D eigenvalue weighted by Gasteiger charge is -2.37. The number of nitrogens with zero attached hydrogens (tertiary/aromatic N) is 17. The van der Waals surface area contributed by atoms with E-state index in [0.717, 1.165) is 120 Å². The lowest BCUT2D eigenvalue weighted by molar-refractivity contribution is -0.152. The summed E-state index contributed by atoms with van der Waals surface area (Å²) in [6.07, 6.45) is 14.7.